The SMILES string of the molecule is CCNC(=NCCc1cnn(C)c1)N1CCOC(c2cnn(C)c2)C1. The number of morpholine rings is 1. The van der Waals surface area contributed by atoms with Crippen molar-refractivity contribution in [1.29, 1.82) is 0 Å². The largest absolute Gasteiger partial charge is 0.370 e. The van der Waals surface area contributed by atoms with Gasteiger partial charge in [0.1, 0.15) is 6.10 Å². The minimum atomic E-state index is 0.0321. The van der Waals surface area contributed by atoms with E-state index in [1.165, 1.54) is 5.56 Å². The summed E-state index contributed by atoms with van der Waals surface area (Å²) in [5.41, 5.74) is 2.32. The van der Waals surface area contributed by atoms with Crippen LogP contribution in [0.3, 0.4) is 0 Å². The molecular formula is C17H27N7O. The minimum absolute atomic E-state index is 0.0321. The number of aromatic nitrogens is 4. The molecule has 1 aliphatic rings. The second-order valence-electron chi connectivity index (χ2n) is 6.26. The van der Waals surface area contributed by atoms with E-state index in [-0.39, 0.29) is 6.10 Å². The van der Waals surface area contributed by atoms with Gasteiger partial charge in [-0.1, -0.05) is 0 Å². The molecule has 25 heavy (non-hydrogen) atoms. The summed E-state index contributed by atoms with van der Waals surface area (Å²) in [4.78, 5) is 7.06. The second-order valence-corrected chi connectivity index (χ2v) is 6.26. The summed E-state index contributed by atoms with van der Waals surface area (Å²) in [6.07, 6.45) is 8.75. The van der Waals surface area contributed by atoms with E-state index in [1.54, 1.807) is 0 Å². The normalized spacial score (nSPS) is 18.6. The van der Waals surface area contributed by atoms with Gasteiger partial charge in [0.05, 0.1) is 25.5 Å². The smallest absolute Gasteiger partial charge is 0.194 e. The second kappa shape index (κ2) is 8.15. The molecule has 0 saturated carbocycles. The maximum Gasteiger partial charge on any atom is 0.194 e. The fraction of sp³-hybridized carbons (Fsp3) is 0.588. The molecule has 1 atom stereocenters. The van der Waals surface area contributed by atoms with Crippen molar-refractivity contribution in [2.24, 2.45) is 19.1 Å². The summed E-state index contributed by atoms with van der Waals surface area (Å²) in [5, 5.41) is 11.9. The van der Waals surface area contributed by atoms with Crippen LogP contribution in [0.15, 0.2) is 29.8 Å². The number of ether oxygens (including phenoxy) is 1. The highest BCUT2D eigenvalue weighted by atomic mass is 16.5. The topological polar surface area (TPSA) is 72.5 Å². The summed E-state index contributed by atoms with van der Waals surface area (Å²) in [7, 11) is 3.86. The summed E-state index contributed by atoms with van der Waals surface area (Å²) in [5.74, 6) is 0.948. The quantitative estimate of drug-likeness (QED) is 0.639. The molecule has 2 aromatic rings. The van der Waals surface area contributed by atoms with Crippen LogP contribution in [0.25, 0.3) is 0 Å². The molecule has 0 amide bonds. The molecule has 1 saturated heterocycles. The first-order valence-corrected chi connectivity index (χ1v) is 8.76. The van der Waals surface area contributed by atoms with Gasteiger partial charge in [-0.05, 0) is 18.9 Å². The van der Waals surface area contributed by atoms with Gasteiger partial charge >= 0.3 is 0 Å². The number of rotatable bonds is 5. The van der Waals surface area contributed by atoms with Crippen LogP contribution in [0, 0.1) is 0 Å². The van der Waals surface area contributed by atoms with Crippen LogP contribution < -0.4 is 5.32 Å². The Morgan fingerprint density at radius 2 is 2.08 bits per heavy atom. The van der Waals surface area contributed by atoms with Gasteiger partial charge in [0.15, 0.2) is 5.96 Å². The van der Waals surface area contributed by atoms with E-state index in [0.29, 0.717) is 6.61 Å². The number of hydrogen-bond donors (Lipinski definition) is 1. The maximum absolute atomic E-state index is 5.92. The van der Waals surface area contributed by atoms with Crippen molar-refractivity contribution in [3.05, 3.63) is 35.9 Å². The van der Waals surface area contributed by atoms with Crippen molar-refractivity contribution in [2.45, 2.75) is 19.4 Å². The van der Waals surface area contributed by atoms with Gasteiger partial charge in [-0.2, -0.15) is 10.2 Å². The lowest BCUT2D eigenvalue weighted by atomic mass is 10.1. The van der Waals surface area contributed by atoms with Crippen molar-refractivity contribution in [3.63, 3.8) is 0 Å². The number of hydrogen-bond acceptors (Lipinski definition) is 4. The van der Waals surface area contributed by atoms with Crippen LogP contribution in [0.5, 0.6) is 0 Å². The zero-order valence-electron chi connectivity index (χ0n) is 15.2. The number of aryl methyl sites for hydroxylation is 2. The van der Waals surface area contributed by atoms with E-state index in [4.69, 9.17) is 9.73 Å². The molecule has 2 aromatic heterocycles. The Bertz CT molecular complexity index is 705. The number of guanidine groups is 1. The van der Waals surface area contributed by atoms with Gasteiger partial charge < -0.3 is 15.0 Å². The van der Waals surface area contributed by atoms with Crippen LogP contribution in [0.2, 0.25) is 0 Å². The Morgan fingerprint density at radius 3 is 2.76 bits per heavy atom. The molecule has 0 radical (unpaired) electrons. The van der Waals surface area contributed by atoms with Gasteiger partial charge in [-0.25, -0.2) is 0 Å². The van der Waals surface area contributed by atoms with E-state index in [0.717, 1.165) is 44.1 Å². The molecular weight excluding hydrogens is 318 g/mol. The summed E-state index contributed by atoms with van der Waals surface area (Å²) < 4.78 is 9.56. The van der Waals surface area contributed by atoms with E-state index in [9.17, 15) is 0 Å². The molecule has 8 heteroatoms. The molecule has 0 bridgehead atoms. The lowest BCUT2D eigenvalue weighted by Gasteiger charge is -2.34. The Balaban J connectivity index is 1.63. The first-order chi connectivity index (χ1) is 12.2. The molecule has 1 N–H and O–H groups in total. The molecule has 1 fully saturated rings. The molecule has 1 unspecified atom stereocenters. The lowest BCUT2D eigenvalue weighted by molar-refractivity contribution is -0.00803. The predicted molar refractivity (Wildman–Crippen MR) is 96.4 cm³/mol. The molecule has 8 nitrogen and oxygen atoms in total. The Hall–Kier alpha value is -2.35. The first-order valence-electron chi connectivity index (χ1n) is 8.76. The molecule has 3 rings (SSSR count). The predicted octanol–water partition coefficient (Wildman–Crippen LogP) is 0.735. The first kappa shape index (κ1) is 17.5. The number of aliphatic imine (C=N–C) groups is 1. The van der Waals surface area contributed by atoms with Gasteiger partial charge in [-0.15, -0.1) is 0 Å². The van der Waals surface area contributed by atoms with E-state index in [1.807, 2.05) is 48.2 Å². The molecule has 3 heterocycles. The van der Waals surface area contributed by atoms with Gasteiger partial charge in [0.2, 0.25) is 0 Å². The minimum Gasteiger partial charge on any atom is -0.370 e. The maximum atomic E-state index is 5.92. The summed E-state index contributed by atoms with van der Waals surface area (Å²) in [6, 6.07) is 0. The van der Waals surface area contributed by atoms with E-state index >= 15 is 0 Å². The summed E-state index contributed by atoms with van der Waals surface area (Å²) in [6.45, 7) is 5.99. The van der Waals surface area contributed by atoms with Crippen LogP contribution in [0.4, 0.5) is 0 Å². The highest BCUT2D eigenvalue weighted by molar-refractivity contribution is 5.80. The fourth-order valence-corrected chi connectivity index (χ4v) is 2.97. The lowest BCUT2D eigenvalue weighted by Crippen LogP contribution is -2.48. The standard InChI is InChI=1S/C17H27N7O/c1-4-18-17(19-6-5-14-9-20-22(2)11-14)24-7-8-25-16(13-24)15-10-21-23(3)12-15/h9-12,16H,4-8,13H2,1-3H3,(H,18,19). The van der Waals surface area contributed by atoms with Crippen molar-refractivity contribution in [2.75, 3.05) is 32.8 Å². The van der Waals surface area contributed by atoms with Crippen molar-refractivity contribution in [1.82, 2.24) is 29.8 Å². The Labute approximate surface area is 148 Å². The third kappa shape index (κ3) is 4.60. The third-order valence-corrected chi connectivity index (χ3v) is 4.22. The molecule has 136 valence electrons. The molecule has 0 spiro atoms. The highest BCUT2D eigenvalue weighted by Crippen LogP contribution is 2.21. The molecule has 0 aliphatic carbocycles. The van der Waals surface area contributed by atoms with E-state index in [2.05, 4.69) is 27.3 Å². The number of nitrogens with zero attached hydrogens (tertiary/aromatic N) is 6. The monoisotopic (exact) mass is 345 g/mol. The van der Waals surface area contributed by atoms with E-state index < -0.39 is 0 Å². The van der Waals surface area contributed by atoms with Crippen molar-refractivity contribution < 1.29 is 4.74 Å². The van der Waals surface area contributed by atoms with Gasteiger partial charge in [0, 0.05) is 51.7 Å². The van der Waals surface area contributed by atoms with Gasteiger partial charge in [-0.3, -0.25) is 14.4 Å². The highest BCUT2D eigenvalue weighted by Gasteiger charge is 2.25. The van der Waals surface area contributed by atoms with Gasteiger partial charge in [0.25, 0.3) is 0 Å². The zero-order valence-corrected chi connectivity index (χ0v) is 15.2. The third-order valence-electron chi connectivity index (χ3n) is 4.22. The Kier molecular flexibility index (Phi) is 5.70. The zero-order chi connectivity index (χ0) is 17.6. The average molecular weight is 345 g/mol. The molecule has 0 aromatic carbocycles. The van der Waals surface area contributed by atoms with Crippen LogP contribution in [-0.2, 0) is 25.3 Å². The van der Waals surface area contributed by atoms with Crippen LogP contribution in [-0.4, -0.2) is 63.2 Å². The van der Waals surface area contributed by atoms with Crippen molar-refractivity contribution in [3.8, 4) is 0 Å². The Morgan fingerprint density at radius 1 is 1.28 bits per heavy atom. The van der Waals surface area contributed by atoms with Crippen LogP contribution >= 0.6 is 0 Å². The van der Waals surface area contributed by atoms with Crippen molar-refractivity contribution >= 4 is 5.96 Å². The van der Waals surface area contributed by atoms with Crippen LogP contribution in [0.1, 0.15) is 24.2 Å². The fourth-order valence-electron chi connectivity index (χ4n) is 2.97. The number of nitrogens with one attached hydrogen (secondary N) is 1. The molecule has 1 aliphatic heterocycles. The summed E-state index contributed by atoms with van der Waals surface area (Å²) >= 11 is 0. The average Bonchev–Trinajstić information content (AvgIpc) is 3.23.